The van der Waals surface area contributed by atoms with Crippen LogP contribution in [0.1, 0.15) is 12.0 Å². The second-order valence-corrected chi connectivity index (χ2v) is 7.86. The van der Waals surface area contributed by atoms with E-state index in [1.807, 2.05) is 42.5 Å². The van der Waals surface area contributed by atoms with E-state index < -0.39 is 0 Å². The van der Waals surface area contributed by atoms with Crippen molar-refractivity contribution in [2.24, 2.45) is 5.92 Å². The van der Waals surface area contributed by atoms with Gasteiger partial charge in [0.15, 0.2) is 0 Å². The summed E-state index contributed by atoms with van der Waals surface area (Å²) in [6.45, 7) is 3.89. The maximum absolute atomic E-state index is 12.8. The standard InChI is InChI=1S/C23H27N3O3/c1-24-12-13-26(17-22(24)27)23(28)19-10-11-25(16-19)15-18-6-5-9-21(14-18)29-20-7-3-2-4-8-20/h2-9,14,19H,10-13,15-17H2,1H3. The van der Waals surface area contributed by atoms with Crippen LogP contribution in [0.5, 0.6) is 11.5 Å². The van der Waals surface area contributed by atoms with Gasteiger partial charge in [0, 0.05) is 33.2 Å². The van der Waals surface area contributed by atoms with E-state index in [-0.39, 0.29) is 24.3 Å². The number of carbonyl (C=O) groups excluding carboxylic acids is 2. The average molecular weight is 393 g/mol. The van der Waals surface area contributed by atoms with Crippen LogP contribution in [0.3, 0.4) is 0 Å². The summed E-state index contributed by atoms with van der Waals surface area (Å²) >= 11 is 0. The predicted molar refractivity (Wildman–Crippen MR) is 111 cm³/mol. The van der Waals surface area contributed by atoms with Crippen molar-refractivity contribution in [3.8, 4) is 11.5 Å². The van der Waals surface area contributed by atoms with Crippen LogP contribution in [0.4, 0.5) is 0 Å². The van der Waals surface area contributed by atoms with Gasteiger partial charge in [-0.05, 0) is 42.8 Å². The van der Waals surface area contributed by atoms with Gasteiger partial charge in [-0.2, -0.15) is 0 Å². The minimum absolute atomic E-state index is 0.0186. The van der Waals surface area contributed by atoms with Crippen LogP contribution in [-0.2, 0) is 16.1 Å². The Morgan fingerprint density at radius 3 is 2.62 bits per heavy atom. The molecule has 4 rings (SSSR count). The lowest BCUT2D eigenvalue weighted by Gasteiger charge is -2.33. The quantitative estimate of drug-likeness (QED) is 0.784. The Kier molecular flexibility index (Phi) is 5.81. The largest absolute Gasteiger partial charge is 0.457 e. The molecule has 6 nitrogen and oxygen atoms in total. The highest BCUT2D eigenvalue weighted by molar-refractivity contribution is 5.87. The van der Waals surface area contributed by atoms with E-state index in [1.54, 1.807) is 16.8 Å². The summed E-state index contributed by atoms with van der Waals surface area (Å²) < 4.78 is 5.93. The molecular weight excluding hydrogens is 366 g/mol. The van der Waals surface area contributed by atoms with Crippen molar-refractivity contribution >= 4 is 11.8 Å². The van der Waals surface area contributed by atoms with Crippen LogP contribution in [0.2, 0.25) is 0 Å². The Balaban J connectivity index is 1.32. The summed E-state index contributed by atoms with van der Waals surface area (Å²) in [5, 5.41) is 0. The van der Waals surface area contributed by atoms with E-state index in [0.29, 0.717) is 13.1 Å². The monoisotopic (exact) mass is 393 g/mol. The van der Waals surface area contributed by atoms with Crippen LogP contribution >= 0.6 is 0 Å². The first kappa shape index (κ1) is 19.5. The molecule has 2 aliphatic heterocycles. The van der Waals surface area contributed by atoms with E-state index in [0.717, 1.165) is 37.6 Å². The van der Waals surface area contributed by atoms with E-state index in [9.17, 15) is 9.59 Å². The van der Waals surface area contributed by atoms with Crippen molar-refractivity contribution < 1.29 is 14.3 Å². The van der Waals surface area contributed by atoms with Crippen molar-refractivity contribution in [1.29, 1.82) is 0 Å². The van der Waals surface area contributed by atoms with Crippen molar-refractivity contribution in [2.45, 2.75) is 13.0 Å². The van der Waals surface area contributed by atoms with Gasteiger partial charge in [0.25, 0.3) is 0 Å². The molecular formula is C23H27N3O3. The number of hydrogen-bond acceptors (Lipinski definition) is 4. The normalized spacial score (nSPS) is 20.2. The predicted octanol–water partition coefficient (Wildman–Crippen LogP) is 2.60. The first-order chi connectivity index (χ1) is 14.1. The van der Waals surface area contributed by atoms with Crippen LogP contribution in [0, 0.1) is 5.92 Å². The molecule has 0 radical (unpaired) electrons. The topological polar surface area (TPSA) is 53.1 Å². The number of piperazine rings is 1. The van der Waals surface area contributed by atoms with Crippen LogP contribution < -0.4 is 4.74 Å². The summed E-state index contributed by atoms with van der Waals surface area (Å²) in [7, 11) is 1.79. The number of benzene rings is 2. The highest BCUT2D eigenvalue weighted by Crippen LogP contribution is 2.25. The van der Waals surface area contributed by atoms with Gasteiger partial charge in [-0.25, -0.2) is 0 Å². The molecule has 2 amide bonds. The van der Waals surface area contributed by atoms with Crippen molar-refractivity contribution in [1.82, 2.24) is 14.7 Å². The number of nitrogens with zero attached hydrogens (tertiary/aromatic N) is 3. The number of carbonyl (C=O) groups is 2. The molecule has 29 heavy (non-hydrogen) atoms. The summed E-state index contributed by atoms with van der Waals surface area (Å²) in [5.74, 6) is 1.76. The maximum Gasteiger partial charge on any atom is 0.241 e. The number of rotatable bonds is 5. The molecule has 6 heteroatoms. The molecule has 0 spiro atoms. The number of ether oxygens (including phenoxy) is 1. The third-order valence-electron chi connectivity index (χ3n) is 5.67. The van der Waals surface area contributed by atoms with Crippen molar-refractivity contribution in [3.05, 3.63) is 60.2 Å². The fraction of sp³-hybridized carbons (Fsp3) is 0.391. The lowest BCUT2D eigenvalue weighted by molar-refractivity contribution is -0.146. The summed E-state index contributed by atoms with van der Waals surface area (Å²) in [6.07, 6.45) is 0.847. The fourth-order valence-electron chi connectivity index (χ4n) is 3.97. The van der Waals surface area contributed by atoms with Crippen LogP contribution in [-0.4, -0.2) is 66.3 Å². The molecule has 0 aliphatic carbocycles. The zero-order chi connectivity index (χ0) is 20.2. The number of amides is 2. The summed E-state index contributed by atoms with van der Waals surface area (Å²) in [4.78, 5) is 30.4. The number of likely N-dealkylation sites (tertiary alicyclic amines) is 1. The summed E-state index contributed by atoms with van der Waals surface area (Å²) in [6, 6.07) is 17.8. The molecule has 2 aromatic carbocycles. The van der Waals surface area contributed by atoms with Gasteiger partial charge >= 0.3 is 0 Å². The third-order valence-corrected chi connectivity index (χ3v) is 5.67. The second-order valence-electron chi connectivity index (χ2n) is 7.86. The lowest BCUT2D eigenvalue weighted by atomic mass is 10.1. The van der Waals surface area contributed by atoms with E-state index in [4.69, 9.17) is 4.74 Å². The molecule has 2 aromatic rings. The van der Waals surface area contributed by atoms with Gasteiger partial charge in [0.2, 0.25) is 11.8 Å². The minimum atomic E-state index is -0.0186. The molecule has 0 saturated carbocycles. The van der Waals surface area contributed by atoms with Gasteiger partial charge in [0.1, 0.15) is 11.5 Å². The molecule has 2 aliphatic rings. The van der Waals surface area contributed by atoms with Crippen LogP contribution in [0.25, 0.3) is 0 Å². The molecule has 0 N–H and O–H groups in total. The van der Waals surface area contributed by atoms with E-state index >= 15 is 0 Å². The third kappa shape index (κ3) is 4.77. The number of hydrogen-bond donors (Lipinski definition) is 0. The van der Waals surface area contributed by atoms with Gasteiger partial charge in [-0.1, -0.05) is 30.3 Å². The molecule has 1 atom stereocenters. The zero-order valence-electron chi connectivity index (χ0n) is 16.8. The second kappa shape index (κ2) is 8.66. The molecule has 0 aromatic heterocycles. The molecule has 152 valence electrons. The SMILES string of the molecule is CN1CCN(C(=O)C2CCN(Cc3cccc(Oc4ccccc4)c3)C2)CC1=O. The van der Waals surface area contributed by atoms with Crippen LogP contribution in [0.15, 0.2) is 54.6 Å². The Labute approximate surface area is 171 Å². The van der Waals surface area contributed by atoms with E-state index in [2.05, 4.69) is 17.0 Å². The molecule has 2 heterocycles. The van der Waals surface area contributed by atoms with Gasteiger partial charge in [-0.3, -0.25) is 14.5 Å². The van der Waals surface area contributed by atoms with Crippen molar-refractivity contribution in [3.63, 3.8) is 0 Å². The zero-order valence-corrected chi connectivity index (χ0v) is 16.8. The Bertz CT molecular complexity index is 871. The minimum Gasteiger partial charge on any atom is -0.457 e. The average Bonchev–Trinajstić information content (AvgIpc) is 3.19. The molecule has 0 bridgehead atoms. The summed E-state index contributed by atoms with van der Waals surface area (Å²) in [5.41, 5.74) is 1.17. The lowest BCUT2D eigenvalue weighted by Crippen LogP contribution is -2.52. The molecule has 1 unspecified atom stereocenters. The fourth-order valence-corrected chi connectivity index (χ4v) is 3.97. The number of likely N-dealkylation sites (N-methyl/N-ethyl adjacent to an activating group) is 1. The molecule has 2 saturated heterocycles. The highest BCUT2D eigenvalue weighted by atomic mass is 16.5. The number of para-hydroxylation sites is 1. The Morgan fingerprint density at radius 1 is 1.03 bits per heavy atom. The Morgan fingerprint density at radius 2 is 1.83 bits per heavy atom. The van der Waals surface area contributed by atoms with Gasteiger partial charge < -0.3 is 14.5 Å². The highest BCUT2D eigenvalue weighted by Gasteiger charge is 2.34. The van der Waals surface area contributed by atoms with Gasteiger partial charge in [-0.15, -0.1) is 0 Å². The maximum atomic E-state index is 12.8. The van der Waals surface area contributed by atoms with Crippen molar-refractivity contribution in [2.75, 3.05) is 39.8 Å². The first-order valence-electron chi connectivity index (χ1n) is 10.2. The van der Waals surface area contributed by atoms with Gasteiger partial charge in [0.05, 0.1) is 12.5 Å². The molecule has 2 fully saturated rings. The smallest absolute Gasteiger partial charge is 0.241 e. The first-order valence-corrected chi connectivity index (χ1v) is 10.2. The Hall–Kier alpha value is -2.86. The van der Waals surface area contributed by atoms with E-state index in [1.165, 1.54) is 5.56 Å².